The van der Waals surface area contributed by atoms with E-state index in [1.54, 1.807) is 41.2 Å². The van der Waals surface area contributed by atoms with Crippen LogP contribution in [0.25, 0.3) is 0 Å². The van der Waals surface area contributed by atoms with Crippen LogP contribution in [0.5, 0.6) is 5.75 Å². The Bertz CT molecular complexity index is 897. The topological polar surface area (TPSA) is 70.1 Å². The SMILES string of the molecule is COc1cccc(C(=O)N2C[C@H]3[C@@H](c4ccccc42)[C@H](CO)N3C(C)=O)c1. The third-order valence-electron chi connectivity index (χ3n) is 5.61. The molecule has 6 nitrogen and oxygen atoms in total. The molecule has 27 heavy (non-hydrogen) atoms. The molecule has 6 heteroatoms. The predicted molar refractivity (Wildman–Crippen MR) is 101 cm³/mol. The molecule has 1 N–H and O–H groups in total. The molecule has 0 bridgehead atoms. The number of carbonyl (C=O) groups excluding carboxylic acids is 2. The minimum atomic E-state index is -0.234. The molecule has 1 fully saturated rings. The summed E-state index contributed by atoms with van der Waals surface area (Å²) in [5, 5.41) is 9.79. The molecule has 2 aliphatic heterocycles. The van der Waals surface area contributed by atoms with Gasteiger partial charge < -0.3 is 19.6 Å². The lowest BCUT2D eigenvalue weighted by Gasteiger charge is -2.58. The number of anilines is 1. The van der Waals surface area contributed by atoms with Crippen molar-refractivity contribution in [3.63, 3.8) is 0 Å². The van der Waals surface area contributed by atoms with Gasteiger partial charge in [-0.15, -0.1) is 0 Å². The molecule has 0 unspecified atom stereocenters. The summed E-state index contributed by atoms with van der Waals surface area (Å²) in [5.74, 6) is 0.460. The lowest BCUT2D eigenvalue weighted by Crippen LogP contribution is -2.70. The van der Waals surface area contributed by atoms with Gasteiger partial charge in [0.2, 0.25) is 5.91 Å². The molecule has 1 saturated heterocycles. The molecular weight excluding hydrogens is 344 g/mol. The maximum Gasteiger partial charge on any atom is 0.258 e. The van der Waals surface area contributed by atoms with Crippen LogP contribution in [-0.2, 0) is 4.79 Å². The number of para-hydroxylation sites is 1. The zero-order valence-corrected chi connectivity index (χ0v) is 15.3. The van der Waals surface area contributed by atoms with E-state index in [4.69, 9.17) is 4.74 Å². The highest BCUT2D eigenvalue weighted by Crippen LogP contribution is 2.48. The van der Waals surface area contributed by atoms with Crippen LogP contribution in [-0.4, -0.2) is 54.2 Å². The highest BCUT2D eigenvalue weighted by molar-refractivity contribution is 6.07. The van der Waals surface area contributed by atoms with E-state index in [-0.39, 0.29) is 36.4 Å². The second kappa shape index (κ2) is 6.70. The number of rotatable bonds is 3. The first kappa shape index (κ1) is 17.5. The predicted octanol–water partition coefficient (Wildman–Crippen LogP) is 2.03. The average Bonchev–Trinajstić information content (AvgIpc) is 2.67. The van der Waals surface area contributed by atoms with Gasteiger partial charge in [0.05, 0.1) is 25.8 Å². The van der Waals surface area contributed by atoms with Crippen molar-refractivity contribution in [3.8, 4) is 5.75 Å². The lowest BCUT2D eigenvalue weighted by atomic mass is 9.72. The van der Waals surface area contributed by atoms with Crippen LogP contribution in [0.15, 0.2) is 48.5 Å². The molecule has 140 valence electrons. The van der Waals surface area contributed by atoms with Crippen LogP contribution in [0.3, 0.4) is 0 Å². The highest BCUT2D eigenvalue weighted by Gasteiger charge is 2.54. The van der Waals surface area contributed by atoms with Gasteiger partial charge in [0, 0.05) is 30.6 Å². The second-order valence-electron chi connectivity index (χ2n) is 6.98. The molecular formula is C21H22N2O4. The van der Waals surface area contributed by atoms with Crippen molar-refractivity contribution in [2.24, 2.45) is 0 Å². The van der Waals surface area contributed by atoms with E-state index in [1.165, 1.54) is 6.92 Å². The Morgan fingerprint density at radius 1 is 1.19 bits per heavy atom. The van der Waals surface area contributed by atoms with Crippen LogP contribution in [0.2, 0.25) is 0 Å². The first-order valence-corrected chi connectivity index (χ1v) is 9.01. The summed E-state index contributed by atoms with van der Waals surface area (Å²) in [6.45, 7) is 1.83. The molecule has 0 aliphatic carbocycles. The van der Waals surface area contributed by atoms with Crippen molar-refractivity contribution in [1.82, 2.24) is 4.90 Å². The smallest absolute Gasteiger partial charge is 0.258 e. The number of aliphatic hydroxyl groups excluding tert-OH is 1. The van der Waals surface area contributed by atoms with Gasteiger partial charge in [0.25, 0.3) is 5.91 Å². The molecule has 2 heterocycles. The van der Waals surface area contributed by atoms with Gasteiger partial charge in [-0.25, -0.2) is 0 Å². The lowest BCUT2D eigenvalue weighted by molar-refractivity contribution is -0.147. The van der Waals surface area contributed by atoms with Gasteiger partial charge in [-0.05, 0) is 29.8 Å². The fraction of sp³-hybridized carbons (Fsp3) is 0.333. The van der Waals surface area contributed by atoms with E-state index >= 15 is 0 Å². The van der Waals surface area contributed by atoms with E-state index in [0.717, 1.165) is 11.3 Å². The second-order valence-corrected chi connectivity index (χ2v) is 6.98. The number of nitrogens with zero attached hydrogens (tertiary/aromatic N) is 2. The zero-order valence-electron chi connectivity index (χ0n) is 15.3. The number of ether oxygens (including phenoxy) is 1. The Hall–Kier alpha value is -2.86. The summed E-state index contributed by atoms with van der Waals surface area (Å²) >= 11 is 0. The molecule has 3 atom stereocenters. The van der Waals surface area contributed by atoms with Gasteiger partial charge >= 0.3 is 0 Å². The number of fused-ring (bicyclic) bond motifs is 3. The van der Waals surface area contributed by atoms with E-state index in [9.17, 15) is 14.7 Å². The summed E-state index contributed by atoms with van der Waals surface area (Å²) in [6, 6.07) is 14.5. The minimum absolute atomic E-state index is 0.0458. The van der Waals surface area contributed by atoms with Gasteiger partial charge in [-0.1, -0.05) is 24.3 Å². The van der Waals surface area contributed by atoms with E-state index in [0.29, 0.717) is 17.9 Å². The largest absolute Gasteiger partial charge is 0.497 e. The van der Waals surface area contributed by atoms with Crippen molar-refractivity contribution in [1.29, 1.82) is 0 Å². The van der Waals surface area contributed by atoms with Gasteiger partial charge in [0.15, 0.2) is 0 Å². The number of methoxy groups -OCH3 is 1. The number of hydrogen-bond acceptors (Lipinski definition) is 4. The van der Waals surface area contributed by atoms with E-state index in [1.807, 2.05) is 24.3 Å². The average molecular weight is 366 g/mol. The normalized spacial score (nSPS) is 23.1. The van der Waals surface area contributed by atoms with Crippen molar-refractivity contribution in [2.45, 2.75) is 24.9 Å². The standard InChI is InChI=1S/C21H22N2O4/c1-13(25)23-18-11-22(21(26)14-6-5-7-15(10-14)27-2)17-9-4-3-8-16(17)20(18)19(23)12-24/h3-10,18-20,24H,11-12H2,1-2H3/t18-,19-,20+/m0/s1. The highest BCUT2D eigenvalue weighted by atomic mass is 16.5. The molecule has 0 spiro atoms. The Labute approximate surface area is 158 Å². The monoisotopic (exact) mass is 366 g/mol. The number of carbonyl (C=O) groups is 2. The molecule has 0 radical (unpaired) electrons. The zero-order chi connectivity index (χ0) is 19.1. The van der Waals surface area contributed by atoms with Gasteiger partial charge in [-0.2, -0.15) is 0 Å². The maximum atomic E-state index is 13.3. The number of hydrogen-bond donors (Lipinski definition) is 1. The van der Waals surface area contributed by atoms with Crippen molar-refractivity contribution in [2.75, 3.05) is 25.2 Å². The Morgan fingerprint density at radius 2 is 1.96 bits per heavy atom. The van der Waals surface area contributed by atoms with Crippen molar-refractivity contribution in [3.05, 3.63) is 59.7 Å². The van der Waals surface area contributed by atoms with Gasteiger partial charge in [0.1, 0.15) is 5.75 Å². The number of benzene rings is 2. The molecule has 2 aliphatic rings. The van der Waals surface area contributed by atoms with Crippen molar-refractivity contribution >= 4 is 17.5 Å². The molecule has 2 aromatic carbocycles. The summed E-state index contributed by atoms with van der Waals surface area (Å²) in [5.41, 5.74) is 2.38. The number of amides is 2. The van der Waals surface area contributed by atoms with Crippen LogP contribution in [0.4, 0.5) is 5.69 Å². The summed E-state index contributed by atoms with van der Waals surface area (Å²) in [6.07, 6.45) is 0. The Balaban J connectivity index is 1.74. The molecule has 0 saturated carbocycles. The summed E-state index contributed by atoms with van der Waals surface area (Å²) in [4.78, 5) is 28.8. The molecule has 0 aromatic heterocycles. The van der Waals surface area contributed by atoms with Crippen LogP contribution in [0, 0.1) is 0 Å². The van der Waals surface area contributed by atoms with Crippen molar-refractivity contribution < 1.29 is 19.4 Å². The van der Waals surface area contributed by atoms with E-state index in [2.05, 4.69) is 0 Å². The molecule has 2 amide bonds. The Kier molecular flexibility index (Phi) is 4.36. The quantitative estimate of drug-likeness (QED) is 0.902. The molecule has 2 aromatic rings. The fourth-order valence-electron chi connectivity index (χ4n) is 4.44. The first-order valence-electron chi connectivity index (χ1n) is 9.01. The van der Waals surface area contributed by atoms with Gasteiger partial charge in [-0.3, -0.25) is 9.59 Å². The first-order chi connectivity index (χ1) is 13.1. The minimum Gasteiger partial charge on any atom is -0.497 e. The van der Waals surface area contributed by atoms with Crippen LogP contribution >= 0.6 is 0 Å². The van der Waals surface area contributed by atoms with E-state index < -0.39 is 0 Å². The van der Waals surface area contributed by atoms with Crippen LogP contribution < -0.4 is 9.64 Å². The Morgan fingerprint density at radius 3 is 2.67 bits per heavy atom. The summed E-state index contributed by atoms with van der Waals surface area (Å²) < 4.78 is 5.24. The fourth-order valence-corrected chi connectivity index (χ4v) is 4.44. The number of likely N-dealkylation sites (tertiary alicyclic amines) is 1. The molecule has 4 rings (SSSR count). The third-order valence-corrected chi connectivity index (χ3v) is 5.61. The maximum absolute atomic E-state index is 13.3. The van der Waals surface area contributed by atoms with Crippen LogP contribution in [0.1, 0.15) is 28.8 Å². The number of aliphatic hydroxyl groups is 1. The third kappa shape index (κ3) is 2.68. The summed E-state index contributed by atoms with van der Waals surface area (Å²) in [7, 11) is 1.57.